The number of carbonyl (C=O) groups is 2. The van der Waals surface area contributed by atoms with Gasteiger partial charge in [-0.3, -0.25) is 9.59 Å². The van der Waals surface area contributed by atoms with E-state index in [1.165, 1.54) is 5.69 Å². The van der Waals surface area contributed by atoms with Gasteiger partial charge in [0.2, 0.25) is 6.41 Å². The van der Waals surface area contributed by atoms with Crippen LogP contribution in [-0.2, 0) is 9.59 Å². The summed E-state index contributed by atoms with van der Waals surface area (Å²) in [4.78, 5) is 25.1. The maximum atomic E-state index is 10.7. The topological polar surface area (TPSA) is 73.9 Å². The summed E-state index contributed by atoms with van der Waals surface area (Å²) >= 11 is 5.85. The molecule has 30 heavy (non-hydrogen) atoms. The highest BCUT2D eigenvalue weighted by atomic mass is 35.5. The van der Waals surface area contributed by atoms with Gasteiger partial charge in [0.1, 0.15) is 0 Å². The predicted molar refractivity (Wildman–Crippen MR) is 123 cm³/mol. The van der Waals surface area contributed by atoms with Crippen LogP contribution >= 0.6 is 11.6 Å². The number of benzene rings is 2. The molecule has 1 atom stereocenters. The van der Waals surface area contributed by atoms with E-state index in [1.54, 1.807) is 13.1 Å². The molecule has 0 saturated carbocycles. The average Bonchev–Trinajstić information content (AvgIpc) is 2.75. The van der Waals surface area contributed by atoms with Gasteiger partial charge in [0.15, 0.2) is 5.75 Å². The van der Waals surface area contributed by atoms with E-state index in [-0.39, 0.29) is 6.04 Å². The lowest BCUT2D eigenvalue weighted by atomic mass is 10.2. The van der Waals surface area contributed by atoms with Crippen LogP contribution < -0.4 is 20.3 Å². The number of piperazine rings is 1. The molecular formula is C22H29ClN4O3. The van der Waals surface area contributed by atoms with Crippen molar-refractivity contribution in [2.75, 3.05) is 48.8 Å². The zero-order valence-corrected chi connectivity index (χ0v) is 18.4. The van der Waals surface area contributed by atoms with Crippen molar-refractivity contribution in [2.45, 2.75) is 19.9 Å². The number of anilines is 3. The Morgan fingerprint density at radius 3 is 2.47 bits per heavy atom. The summed E-state index contributed by atoms with van der Waals surface area (Å²) in [7, 11) is 1.78. The minimum Gasteiger partial charge on any atom is -0.426 e. The van der Waals surface area contributed by atoms with Gasteiger partial charge in [0.25, 0.3) is 6.47 Å². The molecule has 2 aromatic carbocycles. The van der Waals surface area contributed by atoms with Crippen LogP contribution in [0, 0.1) is 0 Å². The summed E-state index contributed by atoms with van der Waals surface area (Å²) < 4.78 is 4.83. The SMILES string of the molecule is CC1CN(c2ccc(Cl)cc2)CCN1C=O.CCNc1ccc(NC)c(OC=O)c1. The smallest absolute Gasteiger partial charge is 0.298 e. The van der Waals surface area contributed by atoms with Crippen molar-refractivity contribution in [3.63, 3.8) is 0 Å². The van der Waals surface area contributed by atoms with E-state index >= 15 is 0 Å². The average molecular weight is 433 g/mol. The number of nitrogens with zero attached hydrogens (tertiary/aromatic N) is 2. The predicted octanol–water partition coefficient (Wildman–Crippen LogP) is 3.70. The lowest BCUT2D eigenvalue weighted by Crippen LogP contribution is -2.51. The number of nitrogens with one attached hydrogen (secondary N) is 2. The van der Waals surface area contributed by atoms with Gasteiger partial charge in [-0.25, -0.2) is 0 Å². The van der Waals surface area contributed by atoms with E-state index in [9.17, 15) is 9.59 Å². The molecule has 1 aliphatic heterocycles. The van der Waals surface area contributed by atoms with Crippen molar-refractivity contribution in [2.24, 2.45) is 0 Å². The summed E-state index contributed by atoms with van der Waals surface area (Å²) in [6.07, 6.45) is 0.934. The molecule has 1 amide bonds. The van der Waals surface area contributed by atoms with Crippen molar-refractivity contribution in [1.29, 1.82) is 0 Å². The Morgan fingerprint density at radius 2 is 1.90 bits per heavy atom. The van der Waals surface area contributed by atoms with Crippen molar-refractivity contribution in [3.8, 4) is 5.75 Å². The molecule has 8 heteroatoms. The van der Waals surface area contributed by atoms with E-state index in [2.05, 4.69) is 22.5 Å². The van der Waals surface area contributed by atoms with Gasteiger partial charge in [0.05, 0.1) is 5.69 Å². The van der Waals surface area contributed by atoms with Crippen LogP contribution in [0.1, 0.15) is 13.8 Å². The van der Waals surface area contributed by atoms with Gasteiger partial charge in [0, 0.05) is 61.7 Å². The van der Waals surface area contributed by atoms with E-state index in [4.69, 9.17) is 16.3 Å². The molecule has 1 aliphatic rings. The summed E-state index contributed by atoms with van der Waals surface area (Å²) in [5, 5.41) is 6.83. The van der Waals surface area contributed by atoms with Gasteiger partial charge in [-0.2, -0.15) is 0 Å². The summed E-state index contributed by atoms with van der Waals surface area (Å²) in [6, 6.07) is 13.7. The first-order chi connectivity index (χ1) is 14.5. The molecule has 2 aromatic rings. The lowest BCUT2D eigenvalue weighted by Gasteiger charge is -2.39. The molecule has 0 bridgehead atoms. The van der Waals surface area contributed by atoms with Gasteiger partial charge in [-0.1, -0.05) is 11.6 Å². The first-order valence-electron chi connectivity index (χ1n) is 9.89. The number of halogens is 1. The highest BCUT2D eigenvalue weighted by Gasteiger charge is 2.22. The fraction of sp³-hybridized carbons (Fsp3) is 0.364. The van der Waals surface area contributed by atoms with E-state index < -0.39 is 0 Å². The van der Waals surface area contributed by atoms with Crippen LogP contribution in [0.15, 0.2) is 42.5 Å². The van der Waals surface area contributed by atoms with Crippen molar-refractivity contribution in [1.82, 2.24) is 4.90 Å². The van der Waals surface area contributed by atoms with Crippen molar-refractivity contribution >= 4 is 41.5 Å². The van der Waals surface area contributed by atoms with Crippen LogP contribution in [0.4, 0.5) is 17.1 Å². The summed E-state index contributed by atoms with van der Waals surface area (Å²) in [5.41, 5.74) is 2.89. The molecule has 1 unspecified atom stereocenters. The van der Waals surface area contributed by atoms with E-state index in [1.807, 2.05) is 48.2 Å². The van der Waals surface area contributed by atoms with Gasteiger partial charge in [-0.05, 0) is 50.2 Å². The molecule has 1 fully saturated rings. The maximum absolute atomic E-state index is 10.7. The fourth-order valence-electron chi connectivity index (χ4n) is 3.21. The molecule has 0 spiro atoms. The van der Waals surface area contributed by atoms with Crippen LogP contribution in [-0.4, -0.2) is 57.1 Å². The van der Waals surface area contributed by atoms with Crippen LogP contribution in [0.5, 0.6) is 5.75 Å². The highest BCUT2D eigenvalue weighted by molar-refractivity contribution is 6.30. The molecule has 3 rings (SSSR count). The third-order valence-electron chi connectivity index (χ3n) is 4.81. The largest absolute Gasteiger partial charge is 0.426 e. The highest BCUT2D eigenvalue weighted by Crippen LogP contribution is 2.27. The fourth-order valence-corrected chi connectivity index (χ4v) is 3.33. The number of hydrogen-bond acceptors (Lipinski definition) is 6. The molecule has 162 valence electrons. The Kier molecular flexibility index (Phi) is 9.28. The molecule has 0 aliphatic carbocycles. The van der Waals surface area contributed by atoms with Crippen LogP contribution in [0.2, 0.25) is 5.02 Å². The minimum absolute atomic E-state index is 0.266. The van der Waals surface area contributed by atoms with Crippen LogP contribution in [0.25, 0.3) is 0 Å². The molecular weight excluding hydrogens is 404 g/mol. The van der Waals surface area contributed by atoms with E-state index in [0.717, 1.165) is 49.0 Å². The third-order valence-corrected chi connectivity index (χ3v) is 5.06. The van der Waals surface area contributed by atoms with Gasteiger partial charge < -0.3 is 25.2 Å². The Bertz CT molecular complexity index is 817. The number of hydrogen-bond donors (Lipinski definition) is 2. The molecule has 1 saturated heterocycles. The Morgan fingerprint density at radius 1 is 1.17 bits per heavy atom. The molecule has 0 aromatic heterocycles. The number of ether oxygens (including phenoxy) is 1. The third kappa shape index (κ3) is 6.56. The van der Waals surface area contributed by atoms with Crippen LogP contribution in [0.3, 0.4) is 0 Å². The van der Waals surface area contributed by atoms with Crippen molar-refractivity contribution in [3.05, 3.63) is 47.5 Å². The Hall–Kier alpha value is -2.93. The standard InChI is InChI=1S/C12H15ClN2O.C10H14N2O2/c1-10-8-14(6-7-15(10)9-16)12-4-2-11(13)3-5-12;1-3-12-8-4-5-9(11-2)10(6-8)14-7-13/h2-5,9-10H,6-8H2,1H3;4-7,11-12H,3H2,1-2H3. The Labute approximate surface area is 182 Å². The van der Waals surface area contributed by atoms with E-state index in [0.29, 0.717) is 12.2 Å². The van der Waals surface area contributed by atoms with Crippen molar-refractivity contribution < 1.29 is 14.3 Å². The molecule has 1 heterocycles. The molecule has 0 radical (unpaired) electrons. The van der Waals surface area contributed by atoms with Gasteiger partial charge in [-0.15, -0.1) is 0 Å². The summed E-state index contributed by atoms with van der Waals surface area (Å²) in [5.74, 6) is 0.529. The van der Waals surface area contributed by atoms with Gasteiger partial charge >= 0.3 is 0 Å². The first-order valence-corrected chi connectivity index (χ1v) is 10.3. The zero-order chi connectivity index (χ0) is 21.9. The number of rotatable bonds is 7. The molecule has 2 N–H and O–H groups in total. The first kappa shape index (κ1) is 23.3. The second-order valence-electron chi connectivity index (χ2n) is 6.82. The maximum Gasteiger partial charge on any atom is 0.298 e. The quantitative estimate of drug-likeness (QED) is 0.650. The zero-order valence-electron chi connectivity index (χ0n) is 17.6. The monoisotopic (exact) mass is 432 g/mol. The minimum atomic E-state index is 0.266. The Balaban J connectivity index is 0.000000216. The second-order valence-corrected chi connectivity index (χ2v) is 7.26. The molecule has 7 nitrogen and oxygen atoms in total. The second kappa shape index (κ2) is 11.9. The number of carbonyl (C=O) groups excluding carboxylic acids is 2. The normalized spacial score (nSPS) is 15.5. The number of amides is 1. The lowest BCUT2D eigenvalue weighted by molar-refractivity contribution is -0.121. The summed E-state index contributed by atoms with van der Waals surface area (Å²) in [6.45, 7) is 7.87.